The van der Waals surface area contributed by atoms with Crippen LogP contribution in [0.5, 0.6) is 0 Å². The molecule has 17 N–H and O–H groups in total. The molecule has 0 spiro atoms. The first-order valence-corrected chi connectivity index (χ1v) is 12.0. The van der Waals surface area contributed by atoms with Gasteiger partial charge in [-0.25, -0.2) is 0 Å². The quantitative estimate of drug-likeness (QED) is 0.155. The van der Waals surface area contributed by atoms with Crippen LogP contribution < -0.4 is 0 Å². The summed E-state index contributed by atoms with van der Waals surface area (Å²) in [5.74, 6) is 0. The Bertz CT molecular complexity index is 269. The molecular formula is H17Bi5N4O22. The van der Waals surface area contributed by atoms with Gasteiger partial charge in [-0.05, 0) is 0 Å². The molecule has 194 valence electrons. The summed E-state index contributed by atoms with van der Waals surface area (Å²) in [6.07, 6.45) is 0. The van der Waals surface area contributed by atoms with E-state index in [-0.39, 0.29) is 43.8 Å². The van der Waals surface area contributed by atoms with Crippen molar-refractivity contribution in [1.82, 2.24) is 0 Å². The second-order valence-electron chi connectivity index (χ2n) is 1.30. The standard InChI is InChI=1S/5Bi.4NO3.9H2O.O/c;;;;;4*2-1(3)4;;;;;;;;;;/h;;;;;;;;;9*1H2;/q5*+1;4*-1;;;;;;;;;;/p-1. The van der Waals surface area contributed by atoms with Crippen molar-refractivity contribution in [2.24, 2.45) is 0 Å². The van der Waals surface area contributed by atoms with Crippen LogP contribution in [0.1, 0.15) is 0 Å². The zero-order chi connectivity index (χ0) is 19.8. The summed E-state index contributed by atoms with van der Waals surface area (Å²) in [7, 11) is 0. The molecule has 8 radical (unpaired) electrons. The Hall–Kier alpha value is 0.656. The molecule has 0 amide bonds. The first kappa shape index (κ1) is 85.5. The van der Waals surface area contributed by atoms with Crippen LogP contribution in [0.15, 0.2) is 0 Å². The van der Waals surface area contributed by atoms with Crippen molar-refractivity contribution >= 4 is 124 Å². The van der Waals surface area contributed by atoms with E-state index in [2.05, 4.69) is 11.7 Å². The van der Waals surface area contributed by atoms with Gasteiger partial charge in [0, 0.05) is 0 Å². The van der Waals surface area contributed by atoms with Crippen molar-refractivity contribution in [2.45, 2.75) is 0 Å². The summed E-state index contributed by atoms with van der Waals surface area (Å²) in [5, 5.41) is 32.6. The van der Waals surface area contributed by atoms with Crippen LogP contribution in [0.25, 0.3) is 0 Å². The predicted molar refractivity (Wildman–Crippen MR) is 92.9 cm³/mol. The third-order valence-corrected chi connectivity index (χ3v) is 2.34. The minimum atomic E-state index is -2.08. The molecule has 0 unspecified atom stereocenters. The Kier molecular flexibility index (Phi) is 238. The predicted octanol–water partition coefficient (Wildman–Crippen LogP) is -10.5. The zero-order valence-electron chi connectivity index (χ0n) is 13.8. The average molecular weight is 1470 g/mol. The van der Waals surface area contributed by atoms with E-state index in [0.29, 0.717) is 101 Å². The average Bonchev–Trinajstić information content (AvgIpc) is 2.49. The SMILES string of the molecule is O.O.O.O.O.O.O.O.O=[N+]([O-])[O][Bi].O=[N+]([O-])[O][Bi].O=[N+]([O-])[O][Bi].O=[N+]([O-])[O][Bi].[O]=[Bi][OH]. The van der Waals surface area contributed by atoms with Gasteiger partial charge in [-0.2, -0.15) is 0 Å². The summed E-state index contributed by atoms with van der Waals surface area (Å²) >= 11 is -0.725. The van der Waals surface area contributed by atoms with E-state index in [1.165, 1.54) is 0 Å². The fraction of sp³-hybridized carbons (Fsp3) is 0. The first-order valence-electron chi connectivity index (χ1n) is 3.30. The minimum absolute atomic E-state index is 0. The Morgan fingerprint density at radius 2 is 0.548 bits per heavy atom. The molecule has 0 saturated carbocycles. The molecule has 26 nitrogen and oxygen atoms in total. The normalized spacial score (nSPS) is 4.68. The first-order chi connectivity index (χ1) is 10.5. The third kappa shape index (κ3) is 336. The molecule has 0 rings (SSSR count). The van der Waals surface area contributed by atoms with E-state index in [1.807, 2.05) is 0 Å². The van der Waals surface area contributed by atoms with Crippen molar-refractivity contribution < 1.29 is 81.8 Å². The van der Waals surface area contributed by atoms with Crippen LogP contribution in [0, 0.1) is 40.5 Å². The summed E-state index contributed by atoms with van der Waals surface area (Å²) in [6.45, 7) is 0. The molecule has 0 atom stereocenters. The molecule has 0 saturated heterocycles. The second-order valence-corrected chi connectivity index (χ2v) is 4.48. The molecule has 0 aromatic carbocycles. The van der Waals surface area contributed by atoms with Crippen LogP contribution >= 0.6 is 0 Å². The van der Waals surface area contributed by atoms with Crippen molar-refractivity contribution in [3.63, 3.8) is 0 Å². The molecule has 0 aromatic heterocycles. The zero-order valence-corrected chi connectivity index (χ0v) is 31.2. The topological polar surface area (TPSA) is 499 Å². The molecule has 31 heavy (non-hydrogen) atoms. The van der Waals surface area contributed by atoms with Crippen LogP contribution in [-0.2, 0) is 14.5 Å². The van der Waals surface area contributed by atoms with Crippen LogP contribution in [0.4, 0.5) is 0 Å². The molecule has 0 fully saturated rings. The van der Waals surface area contributed by atoms with Gasteiger partial charge in [0.15, 0.2) is 0 Å². The third-order valence-electron chi connectivity index (χ3n) is 0.267. The van der Waals surface area contributed by atoms with Gasteiger partial charge in [-0.15, -0.1) is 0 Å². The molecule has 0 heterocycles. The van der Waals surface area contributed by atoms with Crippen molar-refractivity contribution in [3.05, 3.63) is 40.5 Å². The van der Waals surface area contributed by atoms with Gasteiger partial charge in [0.05, 0.1) is 0 Å². The number of nitrogens with zero attached hydrogens (tertiary/aromatic N) is 4. The Labute approximate surface area is 243 Å². The van der Waals surface area contributed by atoms with Crippen molar-refractivity contribution in [2.75, 3.05) is 0 Å². The molecule has 0 aliphatic heterocycles. The molecular weight excluding hydrogens is 1450 g/mol. The second kappa shape index (κ2) is 86.5. The van der Waals surface area contributed by atoms with Gasteiger partial charge in [0.25, 0.3) is 0 Å². The molecule has 0 aromatic rings. The fourth-order valence-electron chi connectivity index (χ4n) is 0. The van der Waals surface area contributed by atoms with E-state index in [0.717, 1.165) is 0 Å². The monoisotopic (exact) mass is 1470 g/mol. The summed E-state index contributed by atoms with van der Waals surface area (Å²) in [5.41, 5.74) is 0. The van der Waals surface area contributed by atoms with E-state index >= 15 is 0 Å². The molecule has 0 aliphatic carbocycles. The fourth-order valence-corrected chi connectivity index (χ4v) is 0. The molecule has 31 heteroatoms. The Morgan fingerprint density at radius 1 is 0.516 bits per heavy atom. The van der Waals surface area contributed by atoms with Gasteiger partial charge in [-0.1, -0.05) is 0 Å². The summed E-state index contributed by atoms with van der Waals surface area (Å²) in [4.78, 5) is 35.9. The summed E-state index contributed by atoms with van der Waals surface area (Å²) in [6, 6.07) is 0. The van der Waals surface area contributed by atoms with Gasteiger partial charge in [0.1, 0.15) is 0 Å². The van der Waals surface area contributed by atoms with Crippen molar-refractivity contribution in [3.8, 4) is 0 Å². The van der Waals surface area contributed by atoms with Crippen LogP contribution in [0.2, 0.25) is 0 Å². The van der Waals surface area contributed by atoms with E-state index < -0.39 is 44.0 Å². The van der Waals surface area contributed by atoms with Crippen LogP contribution in [0.3, 0.4) is 0 Å². The number of rotatable bonds is 4. The number of hydrogen-bond donors (Lipinski definition) is 1. The van der Waals surface area contributed by atoms with Gasteiger partial charge >= 0.3 is 203 Å². The Balaban J connectivity index is -0.0000000112. The summed E-state index contributed by atoms with van der Waals surface area (Å²) < 4.78 is 30.2. The number of hydrogen-bond acceptors (Lipinski definition) is 13. The van der Waals surface area contributed by atoms with Crippen LogP contribution in [-0.4, -0.2) is 192 Å². The molecule has 0 aliphatic rings. The van der Waals surface area contributed by atoms with Gasteiger partial charge in [0.2, 0.25) is 0 Å². The maximum absolute atomic E-state index is 8.98. The maximum atomic E-state index is 8.98. The van der Waals surface area contributed by atoms with Crippen molar-refractivity contribution in [1.29, 1.82) is 0 Å². The van der Waals surface area contributed by atoms with Gasteiger partial charge < -0.3 is 43.8 Å². The van der Waals surface area contributed by atoms with E-state index in [4.69, 9.17) is 46.5 Å². The molecule has 0 bridgehead atoms. The Morgan fingerprint density at radius 3 is 0.548 bits per heavy atom. The van der Waals surface area contributed by atoms with E-state index in [1.54, 1.807) is 0 Å². The van der Waals surface area contributed by atoms with E-state index in [9.17, 15) is 0 Å². The van der Waals surface area contributed by atoms with Gasteiger partial charge in [-0.3, -0.25) is 0 Å².